The van der Waals surface area contributed by atoms with Gasteiger partial charge in [-0.3, -0.25) is 9.79 Å². The lowest BCUT2D eigenvalue weighted by molar-refractivity contribution is -0.121. The van der Waals surface area contributed by atoms with Crippen molar-refractivity contribution in [3.8, 4) is 0 Å². The van der Waals surface area contributed by atoms with Crippen molar-refractivity contribution in [2.45, 2.75) is 32.9 Å². The average Bonchev–Trinajstić information content (AvgIpc) is 2.35. The van der Waals surface area contributed by atoms with Crippen LogP contribution in [0.1, 0.15) is 26.3 Å². The average molecular weight is 501 g/mol. The first kappa shape index (κ1) is 22.1. The minimum absolute atomic E-state index is 0. The van der Waals surface area contributed by atoms with Crippen LogP contribution in [0.3, 0.4) is 0 Å². The topological polar surface area (TPSA) is 65.5 Å². The summed E-state index contributed by atoms with van der Waals surface area (Å²) in [6.45, 7) is 6.26. The molecule has 3 N–H and O–H groups in total. The molecule has 23 heavy (non-hydrogen) atoms. The standard InChI is InChI=1S/C15H22BrFN4O.HI/c1-15(2,3)21-13(22)9-20-14(18-4)19-8-10-5-11(16)7-12(17)6-10;/h5-7H,8-9H2,1-4H3,(H,21,22)(H2,18,19,20);1H. The summed E-state index contributed by atoms with van der Waals surface area (Å²) >= 11 is 3.25. The van der Waals surface area contributed by atoms with Crippen LogP contribution < -0.4 is 16.0 Å². The molecule has 1 aromatic rings. The molecule has 0 unspecified atom stereocenters. The van der Waals surface area contributed by atoms with Crippen molar-refractivity contribution < 1.29 is 9.18 Å². The minimum atomic E-state index is -0.307. The van der Waals surface area contributed by atoms with Crippen LogP contribution in [0, 0.1) is 5.82 Å². The Hall–Kier alpha value is -0.900. The lowest BCUT2D eigenvalue weighted by Crippen LogP contribution is -2.48. The summed E-state index contributed by atoms with van der Waals surface area (Å²) < 4.78 is 14.0. The van der Waals surface area contributed by atoms with Crippen LogP contribution in [-0.4, -0.2) is 31.0 Å². The van der Waals surface area contributed by atoms with Crippen molar-refractivity contribution >= 4 is 51.8 Å². The molecule has 1 rings (SSSR count). The zero-order valence-electron chi connectivity index (χ0n) is 13.7. The highest BCUT2D eigenvalue weighted by atomic mass is 127. The van der Waals surface area contributed by atoms with Crippen molar-refractivity contribution in [2.75, 3.05) is 13.6 Å². The maximum absolute atomic E-state index is 13.3. The molecule has 0 aromatic heterocycles. The second-order valence-corrected chi connectivity index (χ2v) is 6.77. The zero-order valence-corrected chi connectivity index (χ0v) is 17.6. The summed E-state index contributed by atoms with van der Waals surface area (Å²) in [6.07, 6.45) is 0. The van der Waals surface area contributed by atoms with Crippen LogP contribution in [0.4, 0.5) is 4.39 Å². The van der Waals surface area contributed by atoms with Crippen LogP contribution in [0.15, 0.2) is 27.7 Å². The molecule has 0 bridgehead atoms. The van der Waals surface area contributed by atoms with Crippen LogP contribution in [-0.2, 0) is 11.3 Å². The number of hydrogen-bond acceptors (Lipinski definition) is 2. The largest absolute Gasteiger partial charge is 0.352 e. The summed E-state index contributed by atoms with van der Waals surface area (Å²) in [6, 6.07) is 4.65. The first-order chi connectivity index (χ1) is 10.2. The second-order valence-electron chi connectivity index (χ2n) is 5.86. The predicted octanol–water partition coefficient (Wildman–Crippen LogP) is 2.79. The fraction of sp³-hybridized carbons (Fsp3) is 0.467. The molecule has 0 saturated carbocycles. The molecule has 5 nitrogen and oxygen atoms in total. The third kappa shape index (κ3) is 9.75. The van der Waals surface area contributed by atoms with Crippen molar-refractivity contribution in [1.82, 2.24) is 16.0 Å². The Morgan fingerprint density at radius 1 is 1.26 bits per heavy atom. The van der Waals surface area contributed by atoms with E-state index in [2.05, 4.69) is 36.9 Å². The fourth-order valence-corrected chi connectivity index (χ4v) is 2.26. The van der Waals surface area contributed by atoms with E-state index in [4.69, 9.17) is 0 Å². The van der Waals surface area contributed by atoms with Crippen molar-refractivity contribution in [3.63, 3.8) is 0 Å². The van der Waals surface area contributed by atoms with Gasteiger partial charge in [-0.2, -0.15) is 0 Å². The van der Waals surface area contributed by atoms with E-state index in [1.165, 1.54) is 12.1 Å². The molecule has 0 heterocycles. The maximum atomic E-state index is 13.3. The molecule has 130 valence electrons. The molecular weight excluding hydrogens is 478 g/mol. The Morgan fingerprint density at radius 3 is 2.43 bits per heavy atom. The zero-order chi connectivity index (χ0) is 16.8. The number of hydrogen-bond donors (Lipinski definition) is 3. The van der Waals surface area contributed by atoms with Crippen LogP contribution in [0.5, 0.6) is 0 Å². The Bertz CT molecular complexity index is 541. The number of carbonyl (C=O) groups excluding carboxylic acids is 1. The second kappa shape index (κ2) is 10.1. The van der Waals surface area contributed by atoms with Gasteiger partial charge in [0, 0.05) is 23.6 Å². The Kier molecular flexibility index (Phi) is 9.67. The lowest BCUT2D eigenvalue weighted by atomic mass is 10.1. The molecular formula is C15H23BrFIN4O. The molecule has 0 saturated heterocycles. The fourth-order valence-electron chi connectivity index (χ4n) is 1.75. The molecule has 8 heteroatoms. The van der Waals surface area contributed by atoms with Crippen molar-refractivity contribution in [1.29, 1.82) is 0 Å². The third-order valence-corrected chi connectivity index (χ3v) is 2.99. The van der Waals surface area contributed by atoms with Crippen molar-refractivity contribution in [2.24, 2.45) is 4.99 Å². The summed E-state index contributed by atoms with van der Waals surface area (Å²) in [5, 5.41) is 8.79. The van der Waals surface area contributed by atoms with Gasteiger partial charge in [0.25, 0.3) is 0 Å². The normalized spacial score (nSPS) is 11.5. The third-order valence-electron chi connectivity index (χ3n) is 2.54. The van der Waals surface area contributed by atoms with Gasteiger partial charge in [-0.1, -0.05) is 15.9 Å². The van der Waals surface area contributed by atoms with Gasteiger partial charge < -0.3 is 16.0 Å². The van der Waals surface area contributed by atoms with Gasteiger partial charge in [0.1, 0.15) is 5.82 Å². The molecule has 1 amide bonds. The summed E-state index contributed by atoms with van der Waals surface area (Å²) in [4.78, 5) is 15.8. The Balaban J connectivity index is 0.00000484. The smallest absolute Gasteiger partial charge is 0.239 e. The van der Waals surface area contributed by atoms with Crippen LogP contribution in [0.25, 0.3) is 0 Å². The molecule has 0 aliphatic carbocycles. The highest BCUT2D eigenvalue weighted by Crippen LogP contribution is 2.14. The van der Waals surface area contributed by atoms with Crippen molar-refractivity contribution in [3.05, 3.63) is 34.1 Å². The SMILES string of the molecule is CN=C(NCC(=O)NC(C)(C)C)NCc1cc(F)cc(Br)c1.I. The lowest BCUT2D eigenvalue weighted by Gasteiger charge is -2.21. The highest BCUT2D eigenvalue weighted by molar-refractivity contribution is 14.0. The Labute approximate surface area is 162 Å². The molecule has 0 aliphatic rings. The quantitative estimate of drug-likeness (QED) is 0.338. The van der Waals surface area contributed by atoms with E-state index in [0.29, 0.717) is 17.0 Å². The van der Waals surface area contributed by atoms with E-state index in [9.17, 15) is 9.18 Å². The van der Waals surface area contributed by atoms with E-state index in [1.54, 1.807) is 7.05 Å². The number of carbonyl (C=O) groups is 1. The molecule has 0 spiro atoms. The molecule has 0 fully saturated rings. The number of guanidine groups is 1. The Morgan fingerprint density at radius 2 is 1.91 bits per heavy atom. The van der Waals surface area contributed by atoms with E-state index in [-0.39, 0.29) is 47.8 Å². The van der Waals surface area contributed by atoms with Gasteiger partial charge in [-0.15, -0.1) is 24.0 Å². The molecule has 0 radical (unpaired) electrons. The van der Waals surface area contributed by atoms with Crippen LogP contribution in [0.2, 0.25) is 0 Å². The number of rotatable bonds is 4. The number of amides is 1. The van der Waals surface area contributed by atoms with E-state index >= 15 is 0 Å². The predicted molar refractivity (Wildman–Crippen MR) is 106 cm³/mol. The van der Waals surface area contributed by atoms with Gasteiger partial charge in [0.15, 0.2) is 5.96 Å². The van der Waals surface area contributed by atoms with E-state index in [0.717, 1.165) is 5.56 Å². The first-order valence-electron chi connectivity index (χ1n) is 6.90. The summed E-state index contributed by atoms with van der Waals surface area (Å²) in [5.74, 6) is 0.0482. The van der Waals surface area contributed by atoms with Crippen LogP contribution >= 0.6 is 39.9 Å². The summed E-state index contributed by atoms with van der Waals surface area (Å²) in [5.41, 5.74) is 0.498. The molecule has 0 aliphatic heterocycles. The van der Waals surface area contributed by atoms with Gasteiger partial charge >= 0.3 is 0 Å². The summed E-state index contributed by atoms with van der Waals surface area (Å²) in [7, 11) is 1.61. The van der Waals surface area contributed by atoms with Gasteiger partial charge in [0.05, 0.1) is 6.54 Å². The first-order valence-corrected chi connectivity index (χ1v) is 7.69. The molecule has 0 atom stereocenters. The number of aliphatic imine (C=N–C) groups is 1. The number of nitrogens with zero attached hydrogens (tertiary/aromatic N) is 1. The van der Waals surface area contributed by atoms with Gasteiger partial charge in [-0.05, 0) is 44.5 Å². The van der Waals surface area contributed by atoms with E-state index in [1.807, 2.05) is 26.8 Å². The monoisotopic (exact) mass is 500 g/mol. The highest BCUT2D eigenvalue weighted by Gasteiger charge is 2.13. The van der Waals surface area contributed by atoms with Gasteiger partial charge in [-0.25, -0.2) is 4.39 Å². The molecule has 1 aromatic carbocycles. The number of benzene rings is 1. The van der Waals surface area contributed by atoms with Gasteiger partial charge in [0.2, 0.25) is 5.91 Å². The minimum Gasteiger partial charge on any atom is -0.352 e. The number of nitrogens with one attached hydrogen (secondary N) is 3. The maximum Gasteiger partial charge on any atom is 0.239 e. The van der Waals surface area contributed by atoms with E-state index < -0.39 is 0 Å². The number of halogens is 3.